The van der Waals surface area contributed by atoms with Gasteiger partial charge in [-0.15, -0.1) is 0 Å². The Morgan fingerprint density at radius 1 is 0.692 bits per heavy atom. The maximum Gasteiger partial charge on any atom is 0.337 e. The molecule has 17 nitrogen and oxygen atoms in total. The summed E-state index contributed by atoms with van der Waals surface area (Å²) in [6, 6.07) is 0. The molecule has 7 fully saturated rings. The molecule has 4 saturated carbocycles. The molecule has 0 radical (unpaired) electrons. The highest BCUT2D eigenvalue weighted by molar-refractivity contribution is 5.79. The van der Waals surface area contributed by atoms with Crippen LogP contribution in [-0.2, 0) is 42.7 Å². The molecule has 5 aliphatic carbocycles. The van der Waals surface area contributed by atoms with Crippen LogP contribution < -0.4 is 0 Å². The van der Waals surface area contributed by atoms with Crippen molar-refractivity contribution in [3.8, 4) is 0 Å². The van der Waals surface area contributed by atoms with E-state index in [1.807, 2.05) is 0 Å². The minimum atomic E-state index is -1.70. The Labute approximate surface area is 382 Å². The van der Waals surface area contributed by atoms with Crippen LogP contribution in [0.1, 0.15) is 120 Å². The van der Waals surface area contributed by atoms with Crippen LogP contribution in [0.3, 0.4) is 0 Å². The lowest BCUT2D eigenvalue weighted by Crippen LogP contribution is -2.66. The third kappa shape index (κ3) is 7.77. The van der Waals surface area contributed by atoms with E-state index in [-0.39, 0.29) is 52.1 Å². The summed E-state index contributed by atoms with van der Waals surface area (Å²) in [5.41, 5.74) is -0.595. The van der Waals surface area contributed by atoms with E-state index in [0.717, 1.165) is 52.1 Å². The van der Waals surface area contributed by atoms with Crippen molar-refractivity contribution in [2.45, 2.75) is 212 Å². The third-order valence-corrected chi connectivity index (χ3v) is 19.0. The van der Waals surface area contributed by atoms with Crippen molar-refractivity contribution >= 4 is 11.9 Å². The maximum absolute atomic E-state index is 15.0. The zero-order chi connectivity index (χ0) is 47.6. The lowest BCUT2D eigenvalue weighted by atomic mass is 9.33. The van der Waals surface area contributed by atoms with Crippen LogP contribution in [0, 0.1) is 50.2 Å². The monoisotopic (exact) mass is 925 g/mol. The number of esters is 2. The molecule has 3 heterocycles. The van der Waals surface area contributed by atoms with Crippen LogP contribution in [0.5, 0.6) is 0 Å². The Bertz CT molecular complexity index is 1820. The first-order valence-electron chi connectivity index (χ1n) is 24.0. The number of allylic oxidation sites excluding steroid dienone is 2. The molecule has 370 valence electrons. The van der Waals surface area contributed by atoms with E-state index < -0.39 is 109 Å². The molecule has 17 heteroatoms. The molecule has 3 aliphatic heterocycles. The average Bonchev–Trinajstić information content (AvgIpc) is 3.25. The zero-order valence-electron chi connectivity index (χ0n) is 39.5. The molecule has 0 aromatic rings. The molecule has 0 unspecified atom stereocenters. The molecule has 0 amide bonds. The Morgan fingerprint density at radius 3 is 2.02 bits per heavy atom. The number of methoxy groups -OCH3 is 1. The summed E-state index contributed by atoms with van der Waals surface area (Å²) in [5, 5.41) is 85.4. The number of ether oxygens (including phenoxy) is 7. The van der Waals surface area contributed by atoms with Gasteiger partial charge in [0.1, 0.15) is 48.8 Å². The van der Waals surface area contributed by atoms with Crippen molar-refractivity contribution in [3.63, 3.8) is 0 Å². The van der Waals surface area contributed by atoms with Gasteiger partial charge in [0.2, 0.25) is 6.29 Å². The molecule has 8 N–H and O–H groups in total. The van der Waals surface area contributed by atoms with E-state index in [0.29, 0.717) is 19.3 Å². The number of hydrogen-bond acceptors (Lipinski definition) is 17. The van der Waals surface area contributed by atoms with Gasteiger partial charge in [-0.05, 0) is 116 Å². The number of aliphatic hydroxyl groups excluding tert-OH is 8. The van der Waals surface area contributed by atoms with Crippen molar-refractivity contribution in [3.05, 3.63) is 11.6 Å². The largest absolute Gasteiger partial charge is 0.467 e. The van der Waals surface area contributed by atoms with Crippen molar-refractivity contribution < 1.29 is 83.6 Å². The average molecular weight is 925 g/mol. The van der Waals surface area contributed by atoms with Crippen molar-refractivity contribution in [2.75, 3.05) is 13.7 Å². The second-order valence-corrected chi connectivity index (χ2v) is 23.2. The third-order valence-electron chi connectivity index (χ3n) is 19.0. The Hall–Kier alpha value is -1.84. The topological polar surface area (TPSA) is 261 Å². The van der Waals surface area contributed by atoms with Gasteiger partial charge in [-0.25, -0.2) is 4.79 Å². The number of aliphatic hydroxyl groups is 8. The van der Waals surface area contributed by atoms with Crippen LogP contribution in [0.15, 0.2) is 11.6 Å². The van der Waals surface area contributed by atoms with Gasteiger partial charge in [-0.1, -0.05) is 60.1 Å². The molecule has 0 aromatic carbocycles. The SMILES string of the molecule is COC(=O)[C@H]1O[C@@H](O[C@H]2CC[C@]3(C)[C@H]4CC=C5[C@@H]6CC(C)(C)CC[C@]6(C(=O)O[C@@H]6OC[C@@H](O)[C@H](O)[C@H]6O[C@@H]6O[C@@H](C)[C@H](O)[C@@H](O)[C@H]6O)CC[C@@]5(C)[C@]4(C)CC[C@H]3C2(C)C)[C@H](O)[C@@H](O)[C@@H]1O. The molecule has 0 aromatic heterocycles. The van der Waals surface area contributed by atoms with Gasteiger partial charge in [0.05, 0.1) is 31.3 Å². The number of carbonyl (C=O) groups is 2. The zero-order valence-corrected chi connectivity index (χ0v) is 39.5. The van der Waals surface area contributed by atoms with Crippen LogP contribution in [0.4, 0.5) is 0 Å². The summed E-state index contributed by atoms with van der Waals surface area (Å²) in [6.07, 6.45) is -11.2. The first kappa shape index (κ1) is 49.6. The van der Waals surface area contributed by atoms with Gasteiger partial charge in [0.25, 0.3) is 0 Å². The number of carbonyl (C=O) groups excluding carboxylic acids is 2. The molecule has 22 atom stereocenters. The summed E-state index contributed by atoms with van der Waals surface area (Å²) in [4.78, 5) is 27.5. The van der Waals surface area contributed by atoms with Gasteiger partial charge in [0.15, 0.2) is 24.8 Å². The molecular weight excluding hydrogens is 849 g/mol. The second-order valence-electron chi connectivity index (χ2n) is 23.2. The fourth-order valence-electron chi connectivity index (χ4n) is 14.8. The van der Waals surface area contributed by atoms with Gasteiger partial charge in [-0.2, -0.15) is 0 Å². The Balaban J connectivity index is 1.04. The lowest BCUT2D eigenvalue weighted by Gasteiger charge is -2.71. The molecule has 65 heavy (non-hydrogen) atoms. The lowest BCUT2D eigenvalue weighted by molar-refractivity contribution is -0.350. The number of hydrogen-bond donors (Lipinski definition) is 8. The van der Waals surface area contributed by atoms with E-state index >= 15 is 4.79 Å². The van der Waals surface area contributed by atoms with E-state index in [2.05, 4.69) is 54.5 Å². The number of fused-ring (bicyclic) bond motifs is 7. The minimum absolute atomic E-state index is 0.0677. The van der Waals surface area contributed by atoms with Crippen LogP contribution in [0.2, 0.25) is 0 Å². The van der Waals surface area contributed by atoms with E-state index in [4.69, 9.17) is 33.2 Å². The Morgan fingerprint density at radius 2 is 1.34 bits per heavy atom. The van der Waals surface area contributed by atoms with Crippen molar-refractivity contribution in [1.29, 1.82) is 0 Å². The van der Waals surface area contributed by atoms with Crippen molar-refractivity contribution in [1.82, 2.24) is 0 Å². The fraction of sp³-hybridized carbons (Fsp3) is 0.917. The van der Waals surface area contributed by atoms with E-state index in [9.17, 15) is 45.6 Å². The minimum Gasteiger partial charge on any atom is -0.467 e. The van der Waals surface area contributed by atoms with Gasteiger partial charge in [0, 0.05) is 0 Å². The summed E-state index contributed by atoms with van der Waals surface area (Å²) >= 11 is 0. The van der Waals surface area contributed by atoms with Crippen LogP contribution in [-0.4, -0.2) is 159 Å². The van der Waals surface area contributed by atoms with Crippen molar-refractivity contribution in [2.24, 2.45) is 50.2 Å². The molecule has 0 bridgehead atoms. The van der Waals surface area contributed by atoms with Gasteiger partial charge in [-0.3, -0.25) is 4.79 Å². The molecule has 3 saturated heterocycles. The highest BCUT2D eigenvalue weighted by Gasteiger charge is 2.70. The number of rotatable bonds is 7. The van der Waals surface area contributed by atoms with E-state index in [1.54, 1.807) is 0 Å². The summed E-state index contributed by atoms with van der Waals surface area (Å²) in [7, 11) is 1.16. The molecular formula is C48H76O17. The predicted molar refractivity (Wildman–Crippen MR) is 228 cm³/mol. The molecule has 8 aliphatic rings. The van der Waals surface area contributed by atoms with E-state index in [1.165, 1.54) is 12.5 Å². The second kappa shape index (κ2) is 17.2. The standard InChI is InChI=1S/C48H76O17/c1-22-29(50)31(52)34(55)39(61-22)64-37-30(51)25(49)21-60-41(37)65-42(58)48-18-16-43(2,3)20-24(48)23-10-11-27-45(6)14-13-28(62-40-35(56)32(53)33(54)36(63-40)38(57)59-9)44(4,5)26(45)12-15-47(27,8)46(23,7)17-19-48/h10,22,24-37,39-41,49-56H,11-21H2,1-9H3/t22-,24-,25+,26-,27+,28-,29-,30-,31+,32-,33-,34+,35+,36-,37+,39-,40+,41-,45-,46+,47+,48-/m0/s1. The first-order valence-corrected chi connectivity index (χ1v) is 24.0. The van der Waals surface area contributed by atoms with Crippen LogP contribution in [0.25, 0.3) is 0 Å². The van der Waals surface area contributed by atoms with Crippen LogP contribution >= 0.6 is 0 Å². The normalized spacial score (nSPS) is 52.7. The molecule has 8 rings (SSSR count). The predicted octanol–water partition coefficient (Wildman–Crippen LogP) is 1.99. The Kier molecular flexibility index (Phi) is 13.1. The fourth-order valence-corrected chi connectivity index (χ4v) is 14.8. The quantitative estimate of drug-likeness (QED) is 0.103. The molecule has 0 spiro atoms. The summed E-state index contributed by atoms with van der Waals surface area (Å²) < 4.78 is 40.9. The summed E-state index contributed by atoms with van der Waals surface area (Å²) in [5.74, 6) is -0.982. The maximum atomic E-state index is 15.0. The summed E-state index contributed by atoms with van der Waals surface area (Å²) in [6.45, 7) is 17.3. The first-order chi connectivity index (χ1) is 30.3. The highest BCUT2D eigenvalue weighted by Crippen LogP contribution is 2.76. The van der Waals surface area contributed by atoms with Gasteiger partial charge >= 0.3 is 11.9 Å². The smallest absolute Gasteiger partial charge is 0.337 e. The van der Waals surface area contributed by atoms with Gasteiger partial charge < -0.3 is 74.0 Å². The highest BCUT2D eigenvalue weighted by atomic mass is 16.8.